The van der Waals surface area contributed by atoms with Crippen LogP contribution in [0.1, 0.15) is 68.5 Å². The highest BCUT2D eigenvalue weighted by Crippen LogP contribution is 2.39. The predicted molar refractivity (Wildman–Crippen MR) is 152 cm³/mol. The molecule has 0 spiro atoms. The van der Waals surface area contributed by atoms with E-state index in [0.29, 0.717) is 59.6 Å². The first-order valence-electron chi connectivity index (χ1n) is 13.8. The fraction of sp³-hybridized carbons (Fsp3) is 0.517. The number of halogens is 1. The van der Waals surface area contributed by atoms with Crippen molar-refractivity contribution in [2.75, 3.05) is 31.6 Å². The third-order valence-electron chi connectivity index (χ3n) is 6.98. The fourth-order valence-corrected chi connectivity index (χ4v) is 5.43. The lowest BCUT2D eigenvalue weighted by atomic mass is 10.1. The van der Waals surface area contributed by atoms with Gasteiger partial charge in [-0.2, -0.15) is 0 Å². The maximum atomic E-state index is 13.3. The van der Waals surface area contributed by atoms with E-state index in [9.17, 15) is 9.59 Å². The van der Waals surface area contributed by atoms with Crippen molar-refractivity contribution in [2.24, 2.45) is 0 Å². The topological polar surface area (TPSA) is 108 Å². The van der Waals surface area contributed by atoms with Gasteiger partial charge in [0.15, 0.2) is 0 Å². The van der Waals surface area contributed by atoms with Crippen molar-refractivity contribution >= 4 is 40.6 Å². The molecule has 2 aliphatic rings. The van der Waals surface area contributed by atoms with Crippen LogP contribution in [0.15, 0.2) is 30.5 Å². The molecule has 0 bridgehead atoms. The molecule has 40 heavy (non-hydrogen) atoms. The summed E-state index contributed by atoms with van der Waals surface area (Å²) < 4.78 is 19.3. The van der Waals surface area contributed by atoms with E-state index in [4.69, 9.17) is 30.8 Å². The van der Waals surface area contributed by atoms with E-state index in [1.165, 1.54) is 0 Å². The number of benzene rings is 1. The minimum atomic E-state index is -0.609. The van der Waals surface area contributed by atoms with E-state index < -0.39 is 5.60 Å². The van der Waals surface area contributed by atoms with E-state index in [1.54, 1.807) is 29.3 Å². The molecule has 2 saturated heterocycles. The van der Waals surface area contributed by atoms with Crippen molar-refractivity contribution < 1.29 is 23.8 Å². The number of likely N-dealkylation sites (tertiary alicyclic amines) is 1. The Bertz CT molecular complexity index is 1400. The van der Waals surface area contributed by atoms with Gasteiger partial charge < -0.3 is 23.7 Å². The Morgan fingerprint density at radius 1 is 1.18 bits per heavy atom. The molecule has 2 atom stereocenters. The zero-order valence-electron chi connectivity index (χ0n) is 23.4. The highest BCUT2D eigenvalue weighted by atomic mass is 35.5. The monoisotopic (exact) mass is 569 g/mol. The van der Waals surface area contributed by atoms with E-state index in [2.05, 4.69) is 10.3 Å². The van der Waals surface area contributed by atoms with Crippen LogP contribution >= 0.6 is 11.6 Å². The second-order valence-corrected chi connectivity index (χ2v) is 11.7. The molecule has 0 radical (unpaired) electrons. The summed E-state index contributed by atoms with van der Waals surface area (Å²) >= 11 is 7.01. The summed E-state index contributed by atoms with van der Waals surface area (Å²) in [4.78, 5) is 37.1. The van der Waals surface area contributed by atoms with Crippen LogP contribution < -0.4 is 10.1 Å². The first-order valence-corrected chi connectivity index (χ1v) is 14.1. The lowest BCUT2D eigenvalue weighted by molar-refractivity contribution is 0.0238. The van der Waals surface area contributed by atoms with Crippen LogP contribution in [0.4, 0.5) is 10.7 Å². The number of ether oxygens (including phenoxy) is 3. The van der Waals surface area contributed by atoms with Gasteiger partial charge >= 0.3 is 6.09 Å². The molecule has 1 N–H and O–H groups in total. The molecule has 2 amide bonds. The molecular formula is C29H36ClN5O5. The number of pyridine rings is 1. The quantitative estimate of drug-likeness (QED) is 0.415. The van der Waals surface area contributed by atoms with Crippen molar-refractivity contribution in [3.63, 3.8) is 0 Å². The number of hydrogen-bond donors (Lipinski definition) is 1. The molecule has 0 aliphatic carbocycles. The third-order valence-corrected chi connectivity index (χ3v) is 7.35. The molecule has 4 heterocycles. The largest absolute Gasteiger partial charge is 0.486 e. The second kappa shape index (κ2) is 11.6. The maximum Gasteiger partial charge on any atom is 0.410 e. The number of nitrogens with one attached hydrogen (secondary N) is 1. The van der Waals surface area contributed by atoms with Gasteiger partial charge in [-0.1, -0.05) is 11.6 Å². The summed E-state index contributed by atoms with van der Waals surface area (Å²) in [6.07, 6.45) is 4.43. The molecule has 3 aromatic rings. The molecule has 5 rings (SSSR count). The number of imidazole rings is 1. The Balaban J connectivity index is 1.55. The summed E-state index contributed by atoms with van der Waals surface area (Å²) in [5.74, 6) is 0.579. The number of amides is 2. The number of fused-ring (bicyclic) bond motifs is 1. The van der Waals surface area contributed by atoms with Gasteiger partial charge in [0.1, 0.15) is 22.5 Å². The number of carbonyl (C=O) groups is 2. The molecule has 11 heteroatoms. The van der Waals surface area contributed by atoms with Crippen molar-refractivity contribution in [2.45, 2.75) is 71.1 Å². The van der Waals surface area contributed by atoms with Gasteiger partial charge in [0, 0.05) is 37.0 Å². The number of hydrogen-bond acceptors (Lipinski definition) is 7. The fourth-order valence-electron chi connectivity index (χ4n) is 5.13. The van der Waals surface area contributed by atoms with Gasteiger partial charge in [-0.3, -0.25) is 15.1 Å². The molecular weight excluding hydrogens is 534 g/mol. The summed E-state index contributed by atoms with van der Waals surface area (Å²) in [5.41, 5.74) is 1.86. The standard InChI is InChI=1S/C29H36ClN5O5/c1-18-15-19(10-12-31-18)26(36)33-27-32-22-8-9-23(39-21-11-14-38-17-21)24(30)25(22)35(27)20-7-5-6-13-34(16-20)28(37)40-29(2,3)4/h8-10,12,15,20-21H,5-7,11,13-14,16-17H2,1-4H3,(H,32,33,36)/t20-,21-/m1/s1. The van der Waals surface area contributed by atoms with Gasteiger partial charge in [0.25, 0.3) is 5.91 Å². The Hall–Kier alpha value is -3.37. The number of aryl methyl sites for hydroxylation is 1. The average molecular weight is 570 g/mol. The summed E-state index contributed by atoms with van der Waals surface area (Å²) in [6, 6.07) is 6.82. The van der Waals surface area contributed by atoms with Crippen molar-refractivity contribution in [3.05, 3.63) is 46.7 Å². The molecule has 0 saturated carbocycles. The zero-order valence-corrected chi connectivity index (χ0v) is 24.2. The molecule has 10 nitrogen and oxygen atoms in total. The second-order valence-electron chi connectivity index (χ2n) is 11.4. The van der Waals surface area contributed by atoms with Crippen LogP contribution in [0.3, 0.4) is 0 Å². The molecule has 1 aromatic carbocycles. The van der Waals surface area contributed by atoms with Crippen LogP contribution in [0.25, 0.3) is 11.0 Å². The van der Waals surface area contributed by atoms with Gasteiger partial charge in [0.05, 0.1) is 30.3 Å². The smallest absolute Gasteiger partial charge is 0.410 e. The van der Waals surface area contributed by atoms with Gasteiger partial charge in [-0.15, -0.1) is 0 Å². The normalized spacial score (nSPS) is 19.9. The van der Waals surface area contributed by atoms with Crippen LogP contribution in [-0.2, 0) is 9.47 Å². The highest BCUT2D eigenvalue weighted by Gasteiger charge is 2.31. The van der Waals surface area contributed by atoms with E-state index in [-0.39, 0.29) is 24.1 Å². The Labute approximate surface area is 238 Å². The lowest BCUT2D eigenvalue weighted by Crippen LogP contribution is -2.39. The Kier molecular flexibility index (Phi) is 8.19. The van der Waals surface area contributed by atoms with Gasteiger partial charge in [-0.05, 0) is 71.2 Å². The zero-order chi connectivity index (χ0) is 28.4. The highest BCUT2D eigenvalue weighted by molar-refractivity contribution is 6.36. The number of anilines is 1. The maximum absolute atomic E-state index is 13.3. The molecule has 214 valence electrons. The van der Waals surface area contributed by atoms with Crippen molar-refractivity contribution in [1.82, 2.24) is 19.4 Å². The molecule has 0 unspecified atom stereocenters. The third kappa shape index (κ3) is 6.33. The number of nitrogens with zero attached hydrogens (tertiary/aromatic N) is 4. The Morgan fingerprint density at radius 3 is 2.73 bits per heavy atom. The lowest BCUT2D eigenvalue weighted by Gasteiger charge is -2.29. The first kappa shape index (κ1) is 28.2. The van der Waals surface area contributed by atoms with Gasteiger partial charge in [0.2, 0.25) is 5.95 Å². The van der Waals surface area contributed by atoms with Gasteiger partial charge in [-0.25, -0.2) is 9.78 Å². The molecule has 2 fully saturated rings. The molecule has 2 aromatic heterocycles. The minimum absolute atomic E-state index is 0.0824. The molecule has 2 aliphatic heterocycles. The Morgan fingerprint density at radius 2 is 2.00 bits per heavy atom. The van der Waals surface area contributed by atoms with Crippen LogP contribution in [0.2, 0.25) is 5.02 Å². The van der Waals surface area contributed by atoms with Crippen LogP contribution in [0.5, 0.6) is 5.75 Å². The van der Waals surface area contributed by atoms with Crippen molar-refractivity contribution in [3.8, 4) is 5.75 Å². The van der Waals surface area contributed by atoms with Crippen LogP contribution in [0, 0.1) is 6.92 Å². The van der Waals surface area contributed by atoms with E-state index in [0.717, 1.165) is 31.4 Å². The number of carbonyl (C=O) groups excluding carboxylic acids is 2. The summed E-state index contributed by atoms with van der Waals surface area (Å²) in [6.45, 7) is 9.52. The SMILES string of the molecule is Cc1cc(C(=O)Nc2nc3ccc(O[C@@H]4CCOC4)c(Cl)c3n2[C@@H]2CCCCN(C(=O)OC(C)(C)C)C2)ccn1. The number of rotatable bonds is 5. The number of aromatic nitrogens is 3. The predicted octanol–water partition coefficient (Wildman–Crippen LogP) is 5.78. The summed E-state index contributed by atoms with van der Waals surface area (Å²) in [7, 11) is 0. The van der Waals surface area contributed by atoms with E-state index in [1.807, 2.05) is 38.3 Å². The van der Waals surface area contributed by atoms with E-state index >= 15 is 0 Å². The average Bonchev–Trinajstić information content (AvgIpc) is 3.46. The summed E-state index contributed by atoms with van der Waals surface area (Å²) in [5, 5.41) is 3.40. The van der Waals surface area contributed by atoms with Crippen LogP contribution in [-0.4, -0.2) is 69.4 Å². The minimum Gasteiger partial charge on any atom is -0.486 e. The van der Waals surface area contributed by atoms with Crippen molar-refractivity contribution in [1.29, 1.82) is 0 Å². The first-order chi connectivity index (χ1) is 19.1.